The van der Waals surface area contributed by atoms with Gasteiger partial charge in [0.1, 0.15) is 6.10 Å². The molecule has 0 aromatic heterocycles. The van der Waals surface area contributed by atoms with Crippen LogP contribution in [0.25, 0.3) is 0 Å². The largest absolute Gasteiger partial charge is 0.493 e. The van der Waals surface area contributed by atoms with Crippen LogP contribution in [0.1, 0.15) is 60.1 Å². The molecule has 0 saturated carbocycles. The fraction of sp³-hybridized carbons (Fsp3) is 0.455. The molecule has 0 bridgehead atoms. The molecule has 0 saturated heterocycles. The number of hydrogen-bond acceptors (Lipinski definition) is 3. The second-order valence-electron chi connectivity index (χ2n) is 6.92. The van der Waals surface area contributed by atoms with Crippen molar-refractivity contribution in [1.82, 2.24) is 0 Å². The minimum Gasteiger partial charge on any atom is -0.493 e. The van der Waals surface area contributed by atoms with Gasteiger partial charge < -0.3 is 14.2 Å². The molecule has 2 aromatic carbocycles. The fourth-order valence-electron chi connectivity index (χ4n) is 3.87. The van der Waals surface area contributed by atoms with Gasteiger partial charge in [-0.25, -0.2) is 0 Å². The highest BCUT2D eigenvalue weighted by molar-refractivity contribution is 5.49. The van der Waals surface area contributed by atoms with Crippen molar-refractivity contribution in [2.45, 2.75) is 52.2 Å². The third-order valence-corrected chi connectivity index (χ3v) is 5.45. The summed E-state index contributed by atoms with van der Waals surface area (Å²) in [6.45, 7) is 8.77. The number of fused-ring (bicyclic) bond motifs is 1. The molecule has 3 heteroatoms. The Hall–Kier alpha value is -2.00. The van der Waals surface area contributed by atoms with Crippen molar-refractivity contribution in [3.8, 4) is 11.5 Å². The predicted molar refractivity (Wildman–Crippen MR) is 101 cm³/mol. The molecule has 0 amide bonds. The highest BCUT2D eigenvalue weighted by atomic mass is 16.5. The van der Waals surface area contributed by atoms with Gasteiger partial charge in [0, 0.05) is 5.92 Å². The molecule has 3 atom stereocenters. The number of aryl methyl sites for hydroxylation is 2. The van der Waals surface area contributed by atoms with Crippen molar-refractivity contribution < 1.29 is 14.2 Å². The Balaban J connectivity index is 2.13. The van der Waals surface area contributed by atoms with E-state index in [1.165, 1.54) is 22.3 Å². The third-order valence-electron chi connectivity index (χ3n) is 5.45. The monoisotopic (exact) mass is 340 g/mol. The smallest absolute Gasteiger partial charge is 0.161 e. The van der Waals surface area contributed by atoms with E-state index in [-0.39, 0.29) is 12.2 Å². The predicted octanol–water partition coefficient (Wildman–Crippen LogP) is 5.32. The molecule has 0 N–H and O–H groups in total. The Labute approximate surface area is 150 Å². The van der Waals surface area contributed by atoms with E-state index in [0.717, 1.165) is 23.5 Å². The van der Waals surface area contributed by atoms with Gasteiger partial charge in [-0.1, -0.05) is 25.1 Å². The van der Waals surface area contributed by atoms with Crippen LogP contribution in [0, 0.1) is 13.8 Å². The van der Waals surface area contributed by atoms with E-state index >= 15 is 0 Å². The van der Waals surface area contributed by atoms with Crippen molar-refractivity contribution in [2.75, 3.05) is 14.2 Å². The average Bonchev–Trinajstić information content (AvgIpc) is 2.62. The minimum absolute atomic E-state index is 0.0769. The molecule has 25 heavy (non-hydrogen) atoms. The number of benzene rings is 2. The minimum atomic E-state index is -0.0769. The molecule has 134 valence electrons. The Morgan fingerprint density at radius 3 is 2.16 bits per heavy atom. The van der Waals surface area contributed by atoms with Crippen LogP contribution in [-0.4, -0.2) is 20.3 Å². The van der Waals surface area contributed by atoms with Crippen LogP contribution in [0.3, 0.4) is 0 Å². The van der Waals surface area contributed by atoms with Crippen LogP contribution in [0.2, 0.25) is 0 Å². The van der Waals surface area contributed by atoms with Gasteiger partial charge in [-0.3, -0.25) is 0 Å². The summed E-state index contributed by atoms with van der Waals surface area (Å²) < 4.78 is 17.3. The van der Waals surface area contributed by atoms with Crippen LogP contribution >= 0.6 is 0 Å². The zero-order chi connectivity index (χ0) is 18.1. The van der Waals surface area contributed by atoms with E-state index in [9.17, 15) is 0 Å². The first-order valence-corrected chi connectivity index (χ1v) is 8.98. The Kier molecular flexibility index (Phi) is 5.05. The zero-order valence-electron chi connectivity index (χ0n) is 16.1. The van der Waals surface area contributed by atoms with Crippen LogP contribution < -0.4 is 9.47 Å². The fourth-order valence-corrected chi connectivity index (χ4v) is 3.87. The van der Waals surface area contributed by atoms with E-state index in [4.69, 9.17) is 14.2 Å². The molecule has 0 aliphatic carbocycles. The summed E-state index contributed by atoms with van der Waals surface area (Å²) in [6.07, 6.45) is 1.18. The van der Waals surface area contributed by atoms with E-state index in [0.29, 0.717) is 5.92 Å². The summed E-state index contributed by atoms with van der Waals surface area (Å²) in [7, 11) is 3.32. The first kappa shape index (κ1) is 17.8. The Bertz CT molecular complexity index is 766. The second-order valence-corrected chi connectivity index (χ2v) is 6.92. The van der Waals surface area contributed by atoms with Crippen molar-refractivity contribution in [3.63, 3.8) is 0 Å². The molecular weight excluding hydrogens is 312 g/mol. The van der Waals surface area contributed by atoms with Crippen molar-refractivity contribution in [1.29, 1.82) is 0 Å². The maximum absolute atomic E-state index is 6.47. The summed E-state index contributed by atoms with van der Waals surface area (Å²) in [4.78, 5) is 0. The highest BCUT2D eigenvalue weighted by Crippen LogP contribution is 2.44. The standard InChI is InChI=1S/C22H28O3/c1-7-17-15(4)25-22(19-11-14(3)13(2)10-18(17)19)16-8-9-20(23-5)21(12-16)24-6/h8-12,15,17,22H,7H2,1-6H3. The normalized spacial score (nSPS) is 22.4. The van der Waals surface area contributed by atoms with Crippen LogP contribution in [0.5, 0.6) is 11.5 Å². The average molecular weight is 340 g/mol. The molecule has 0 spiro atoms. The number of hydrogen-bond donors (Lipinski definition) is 0. The van der Waals surface area contributed by atoms with E-state index in [2.05, 4.69) is 45.9 Å². The van der Waals surface area contributed by atoms with E-state index < -0.39 is 0 Å². The first-order valence-electron chi connectivity index (χ1n) is 8.98. The van der Waals surface area contributed by atoms with Gasteiger partial charge in [0.25, 0.3) is 0 Å². The van der Waals surface area contributed by atoms with Crippen LogP contribution in [0.4, 0.5) is 0 Å². The van der Waals surface area contributed by atoms with Crippen molar-refractivity contribution in [3.05, 3.63) is 58.1 Å². The Morgan fingerprint density at radius 2 is 1.56 bits per heavy atom. The quantitative estimate of drug-likeness (QED) is 0.753. The van der Waals surface area contributed by atoms with E-state index in [1.807, 2.05) is 12.1 Å². The first-order chi connectivity index (χ1) is 12.0. The molecule has 2 aromatic rings. The van der Waals surface area contributed by atoms with Gasteiger partial charge in [-0.15, -0.1) is 0 Å². The molecule has 0 fully saturated rings. The molecule has 1 heterocycles. The lowest BCUT2D eigenvalue weighted by molar-refractivity contribution is -0.0121. The topological polar surface area (TPSA) is 27.7 Å². The second kappa shape index (κ2) is 7.09. The molecular formula is C22H28O3. The zero-order valence-corrected chi connectivity index (χ0v) is 16.1. The summed E-state index contributed by atoms with van der Waals surface area (Å²) in [5, 5.41) is 0. The summed E-state index contributed by atoms with van der Waals surface area (Å²) in [5.41, 5.74) is 6.45. The lowest BCUT2D eigenvalue weighted by atomic mass is 9.80. The van der Waals surface area contributed by atoms with Crippen LogP contribution in [-0.2, 0) is 4.74 Å². The van der Waals surface area contributed by atoms with Gasteiger partial charge in [0.05, 0.1) is 20.3 Å². The summed E-state index contributed by atoms with van der Waals surface area (Å²) in [6, 6.07) is 10.7. The molecule has 3 rings (SSSR count). The van der Waals surface area contributed by atoms with Gasteiger partial charge in [0.15, 0.2) is 11.5 Å². The lowest BCUT2D eigenvalue weighted by Crippen LogP contribution is -2.29. The van der Waals surface area contributed by atoms with Crippen LogP contribution in [0.15, 0.2) is 30.3 Å². The van der Waals surface area contributed by atoms with Gasteiger partial charge in [0.2, 0.25) is 0 Å². The van der Waals surface area contributed by atoms with Gasteiger partial charge in [-0.05, 0) is 67.1 Å². The third kappa shape index (κ3) is 3.13. The number of ether oxygens (including phenoxy) is 3. The van der Waals surface area contributed by atoms with Gasteiger partial charge in [-0.2, -0.15) is 0 Å². The lowest BCUT2D eigenvalue weighted by Gasteiger charge is -2.37. The molecule has 3 nitrogen and oxygen atoms in total. The van der Waals surface area contributed by atoms with E-state index in [1.54, 1.807) is 14.2 Å². The Morgan fingerprint density at radius 1 is 0.920 bits per heavy atom. The summed E-state index contributed by atoms with van der Waals surface area (Å²) >= 11 is 0. The summed E-state index contributed by atoms with van der Waals surface area (Å²) in [5.74, 6) is 1.91. The molecule has 3 unspecified atom stereocenters. The van der Waals surface area contributed by atoms with Crippen molar-refractivity contribution >= 4 is 0 Å². The molecule has 0 radical (unpaired) electrons. The van der Waals surface area contributed by atoms with Crippen molar-refractivity contribution in [2.24, 2.45) is 0 Å². The number of methoxy groups -OCH3 is 2. The SMILES string of the molecule is CCC1c2cc(C)c(C)cc2C(c2ccc(OC)c(OC)c2)OC1C. The number of rotatable bonds is 4. The highest BCUT2D eigenvalue weighted by Gasteiger charge is 2.34. The maximum atomic E-state index is 6.47. The van der Waals surface area contributed by atoms with Gasteiger partial charge >= 0.3 is 0 Å². The molecule has 1 aliphatic heterocycles. The molecule has 1 aliphatic rings. The maximum Gasteiger partial charge on any atom is 0.161 e.